The maximum absolute atomic E-state index is 9.57. The van der Waals surface area contributed by atoms with Gasteiger partial charge in [0, 0.05) is 0 Å². The molecule has 5 N–H and O–H groups in total. The Morgan fingerprint density at radius 2 is 1.27 bits per heavy atom. The number of aliphatic hydroxyl groups excluding tert-OH is 5. The number of hydrogen-bond donors (Lipinski definition) is 5. The van der Waals surface area contributed by atoms with Crippen LogP contribution in [-0.4, -0.2) is 56.6 Å². The summed E-state index contributed by atoms with van der Waals surface area (Å²) in [5, 5.41) is 46.0. The molecule has 0 radical (unpaired) electrons. The second kappa shape index (κ2) is 5.77. The Bertz CT molecular complexity index is 177. The average Bonchev–Trinajstić information content (AvgIpc) is 2.11. The Labute approximate surface area is 90.0 Å². The lowest BCUT2D eigenvalue weighted by Gasteiger charge is -2.29. The largest absolute Gasteiger partial charge is 0.394 e. The molecule has 0 aromatic carbocycles. The summed E-state index contributed by atoms with van der Waals surface area (Å²) >= 11 is 0. The quantitative estimate of drug-likeness (QED) is 0.405. The van der Waals surface area contributed by atoms with E-state index in [-0.39, 0.29) is 5.41 Å². The summed E-state index contributed by atoms with van der Waals surface area (Å²) in [5.41, 5.74) is -0.190. The van der Waals surface area contributed by atoms with E-state index < -0.39 is 31.0 Å². The zero-order chi connectivity index (χ0) is 12.2. The molecule has 15 heavy (non-hydrogen) atoms. The molecule has 92 valence electrons. The molecule has 0 spiro atoms. The van der Waals surface area contributed by atoms with Gasteiger partial charge in [0.05, 0.1) is 12.7 Å². The summed E-state index contributed by atoms with van der Waals surface area (Å²) < 4.78 is 0. The van der Waals surface area contributed by atoms with Crippen LogP contribution in [0.3, 0.4) is 0 Å². The Morgan fingerprint density at radius 1 is 0.867 bits per heavy atom. The van der Waals surface area contributed by atoms with Gasteiger partial charge in [-0.3, -0.25) is 0 Å². The van der Waals surface area contributed by atoms with E-state index in [1.165, 1.54) is 0 Å². The molecule has 0 bridgehead atoms. The molecule has 4 atom stereocenters. The van der Waals surface area contributed by atoms with Crippen molar-refractivity contribution >= 4 is 0 Å². The van der Waals surface area contributed by atoms with Crippen molar-refractivity contribution in [2.75, 3.05) is 6.61 Å². The van der Waals surface area contributed by atoms with Crippen molar-refractivity contribution in [2.24, 2.45) is 5.41 Å². The normalized spacial score (nSPS) is 20.8. The zero-order valence-corrected chi connectivity index (χ0v) is 9.46. The standard InChI is InChI=1S/C10H22O5/c1-10(2,3)4-6(12)8(14)9(15)7(13)5-11/h6-9,11-15H,4-5H2,1-3H3/t6-,7-,8+,9+/m1/s1. The van der Waals surface area contributed by atoms with Gasteiger partial charge in [0.15, 0.2) is 0 Å². The molecule has 0 fully saturated rings. The highest BCUT2D eigenvalue weighted by atomic mass is 16.4. The maximum atomic E-state index is 9.57. The molecule has 0 aromatic rings. The lowest BCUT2D eigenvalue weighted by molar-refractivity contribution is -0.121. The smallest absolute Gasteiger partial charge is 0.110 e. The molecule has 0 heterocycles. The van der Waals surface area contributed by atoms with Crippen molar-refractivity contribution in [1.82, 2.24) is 0 Å². The summed E-state index contributed by atoms with van der Waals surface area (Å²) in [7, 11) is 0. The highest BCUT2D eigenvalue weighted by molar-refractivity contribution is 4.83. The lowest BCUT2D eigenvalue weighted by Crippen LogP contribution is -2.46. The lowest BCUT2D eigenvalue weighted by atomic mass is 9.86. The highest BCUT2D eigenvalue weighted by Gasteiger charge is 2.32. The van der Waals surface area contributed by atoms with E-state index in [0.717, 1.165) is 0 Å². The maximum Gasteiger partial charge on any atom is 0.110 e. The first-order valence-corrected chi connectivity index (χ1v) is 5.02. The Morgan fingerprint density at radius 3 is 1.60 bits per heavy atom. The van der Waals surface area contributed by atoms with Gasteiger partial charge >= 0.3 is 0 Å². The van der Waals surface area contributed by atoms with Crippen LogP contribution in [-0.2, 0) is 0 Å². The minimum absolute atomic E-state index is 0.190. The van der Waals surface area contributed by atoms with Crippen LogP contribution in [0.5, 0.6) is 0 Å². The first-order chi connectivity index (χ1) is 6.69. The topological polar surface area (TPSA) is 101 Å². The second-order valence-electron chi connectivity index (χ2n) is 5.06. The molecule has 0 saturated heterocycles. The third-order valence-corrected chi connectivity index (χ3v) is 2.15. The summed E-state index contributed by atoms with van der Waals surface area (Å²) in [6.45, 7) is 5.01. The fourth-order valence-electron chi connectivity index (χ4n) is 1.31. The molecule has 0 saturated carbocycles. The van der Waals surface area contributed by atoms with Crippen LogP contribution in [0.1, 0.15) is 27.2 Å². The van der Waals surface area contributed by atoms with Gasteiger partial charge in [-0.25, -0.2) is 0 Å². The third-order valence-electron chi connectivity index (χ3n) is 2.15. The van der Waals surface area contributed by atoms with Crippen LogP contribution in [0, 0.1) is 5.41 Å². The van der Waals surface area contributed by atoms with Crippen LogP contribution in [0.2, 0.25) is 0 Å². The van der Waals surface area contributed by atoms with Crippen molar-refractivity contribution in [2.45, 2.75) is 51.6 Å². The van der Waals surface area contributed by atoms with Crippen LogP contribution < -0.4 is 0 Å². The SMILES string of the molecule is CC(C)(C)C[C@@H](O)[C@H](O)[C@@H](O)[C@H](O)CO. The van der Waals surface area contributed by atoms with E-state index in [1.807, 2.05) is 20.8 Å². The van der Waals surface area contributed by atoms with E-state index in [9.17, 15) is 15.3 Å². The van der Waals surface area contributed by atoms with Crippen molar-refractivity contribution < 1.29 is 25.5 Å². The van der Waals surface area contributed by atoms with Crippen molar-refractivity contribution in [3.8, 4) is 0 Å². The number of hydrogen-bond acceptors (Lipinski definition) is 5. The van der Waals surface area contributed by atoms with Gasteiger partial charge in [-0.2, -0.15) is 0 Å². The van der Waals surface area contributed by atoms with Gasteiger partial charge in [0.25, 0.3) is 0 Å². The van der Waals surface area contributed by atoms with Gasteiger partial charge in [0.2, 0.25) is 0 Å². The van der Waals surface area contributed by atoms with E-state index in [1.54, 1.807) is 0 Å². The van der Waals surface area contributed by atoms with Gasteiger partial charge in [-0.1, -0.05) is 20.8 Å². The van der Waals surface area contributed by atoms with Crippen LogP contribution in [0.4, 0.5) is 0 Å². The number of rotatable bonds is 5. The molecular weight excluding hydrogens is 200 g/mol. The van der Waals surface area contributed by atoms with E-state index in [2.05, 4.69) is 0 Å². The van der Waals surface area contributed by atoms with Gasteiger partial charge < -0.3 is 25.5 Å². The van der Waals surface area contributed by atoms with E-state index in [0.29, 0.717) is 6.42 Å². The van der Waals surface area contributed by atoms with Gasteiger partial charge in [0.1, 0.15) is 18.3 Å². The molecule has 0 aromatic heterocycles. The molecule has 0 rings (SSSR count). The molecule has 5 nitrogen and oxygen atoms in total. The molecule has 0 aliphatic carbocycles. The molecule has 0 aliphatic rings. The first kappa shape index (κ1) is 14.8. The van der Waals surface area contributed by atoms with Crippen molar-refractivity contribution in [3.63, 3.8) is 0 Å². The van der Waals surface area contributed by atoms with Crippen LogP contribution >= 0.6 is 0 Å². The summed E-state index contributed by atoms with van der Waals surface area (Å²) in [5.74, 6) is 0. The predicted octanol–water partition coefficient (Wildman–Crippen LogP) is -1.14. The summed E-state index contributed by atoms with van der Waals surface area (Å²) in [6, 6.07) is 0. The number of aliphatic hydroxyl groups is 5. The molecule has 0 amide bonds. The summed E-state index contributed by atoms with van der Waals surface area (Å²) in [6.07, 6.45) is -5.25. The minimum atomic E-state index is -1.53. The molecule has 0 unspecified atom stereocenters. The highest BCUT2D eigenvalue weighted by Crippen LogP contribution is 2.23. The molecular formula is C10H22O5. The summed E-state index contributed by atoms with van der Waals surface area (Å²) in [4.78, 5) is 0. The van der Waals surface area contributed by atoms with E-state index >= 15 is 0 Å². The predicted molar refractivity (Wildman–Crippen MR) is 55.2 cm³/mol. The zero-order valence-electron chi connectivity index (χ0n) is 9.46. The minimum Gasteiger partial charge on any atom is -0.394 e. The van der Waals surface area contributed by atoms with Crippen LogP contribution in [0.15, 0.2) is 0 Å². The molecule has 0 aliphatic heterocycles. The van der Waals surface area contributed by atoms with Crippen molar-refractivity contribution in [3.05, 3.63) is 0 Å². The third kappa shape index (κ3) is 5.44. The van der Waals surface area contributed by atoms with Gasteiger partial charge in [-0.05, 0) is 11.8 Å². The van der Waals surface area contributed by atoms with Crippen molar-refractivity contribution in [1.29, 1.82) is 0 Å². The van der Waals surface area contributed by atoms with Crippen LogP contribution in [0.25, 0.3) is 0 Å². The monoisotopic (exact) mass is 222 g/mol. The fraction of sp³-hybridized carbons (Fsp3) is 1.00. The Balaban J connectivity index is 4.25. The average molecular weight is 222 g/mol. The second-order valence-corrected chi connectivity index (χ2v) is 5.06. The fourth-order valence-corrected chi connectivity index (χ4v) is 1.31. The first-order valence-electron chi connectivity index (χ1n) is 5.02. The Hall–Kier alpha value is -0.200. The molecule has 5 heteroatoms. The Kier molecular flexibility index (Phi) is 5.69. The van der Waals surface area contributed by atoms with Gasteiger partial charge in [-0.15, -0.1) is 0 Å². The van der Waals surface area contributed by atoms with E-state index in [4.69, 9.17) is 10.2 Å².